The molecule has 0 saturated heterocycles. The topological polar surface area (TPSA) is 82.5 Å². The number of aromatic nitrogens is 1. The highest BCUT2D eigenvalue weighted by atomic mass is 16.4. The van der Waals surface area contributed by atoms with Crippen LogP contribution in [0.15, 0.2) is 24.5 Å². The minimum Gasteiger partial charge on any atom is -0.480 e. The van der Waals surface area contributed by atoms with E-state index in [4.69, 9.17) is 5.11 Å². The molecule has 1 rings (SSSR count). The van der Waals surface area contributed by atoms with E-state index in [1.807, 2.05) is 0 Å². The summed E-state index contributed by atoms with van der Waals surface area (Å²) in [5.41, 5.74) is -0.0489. The Bertz CT molecular complexity index is 426. The van der Waals surface area contributed by atoms with Crippen molar-refractivity contribution in [2.24, 2.45) is 0 Å². The minimum atomic E-state index is -1.05. The summed E-state index contributed by atoms with van der Waals surface area (Å²) in [5.74, 6) is -1.05. The van der Waals surface area contributed by atoms with Gasteiger partial charge in [0.15, 0.2) is 0 Å². The molecule has 0 aromatic carbocycles. The molecule has 6 heteroatoms. The van der Waals surface area contributed by atoms with Gasteiger partial charge in [0, 0.05) is 11.7 Å². The predicted octanol–water partition coefficient (Wildman–Crippen LogP) is 1.80. The lowest BCUT2D eigenvalue weighted by Gasteiger charge is -2.34. The molecule has 1 aromatic rings. The highest BCUT2D eigenvalue weighted by molar-refractivity contribution is 5.91. The highest BCUT2D eigenvalue weighted by Crippen LogP contribution is 2.15. The molecule has 6 nitrogen and oxygen atoms in total. The van der Waals surface area contributed by atoms with Gasteiger partial charge in [0.25, 0.3) is 0 Å². The molecule has 98 valence electrons. The number of pyridine rings is 1. The van der Waals surface area contributed by atoms with E-state index in [2.05, 4.69) is 10.3 Å². The molecule has 2 N–H and O–H groups in total. The number of rotatable bonds is 3. The summed E-state index contributed by atoms with van der Waals surface area (Å²) in [6, 6.07) is 2.92. The van der Waals surface area contributed by atoms with Crippen LogP contribution in [-0.2, 0) is 4.79 Å². The van der Waals surface area contributed by atoms with Crippen LogP contribution in [0.1, 0.15) is 20.8 Å². The van der Waals surface area contributed by atoms with Gasteiger partial charge in [-0.3, -0.25) is 9.78 Å². The lowest BCUT2D eigenvalue weighted by molar-refractivity contribution is -0.138. The average molecular weight is 251 g/mol. The number of carboxylic acids is 1. The number of carbonyl (C=O) groups excluding carboxylic acids is 1. The number of nitrogens with one attached hydrogen (secondary N) is 1. The standard InChI is InChI=1S/C12H17N3O3/c1-12(2,3)15(8-10(16)17)11(18)14-9-5-4-6-13-7-9/h4-7H,8H2,1-3H3,(H,14,18)(H,16,17). The van der Waals surface area contributed by atoms with Gasteiger partial charge in [0.2, 0.25) is 0 Å². The number of urea groups is 1. The number of carboxylic acid groups (broad SMARTS) is 1. The second-order valence-corrected chi connectivity index (χ2v) is 4.82. The summed E-state index contributed by atoms with van der Waals surface area (Å²) in [4.78, 5) is 27.9. The zero-order valence-corrected chi connectivity index (χ0v) is 10.7. The Morgan fingerprint density at radius 2 is 2.11 bits per heavy atom. The molecule has 0 fully saturated rings. The number of amides is 2. The number of nitrogens with zero attached hydrogens (tertiary/aromatic N) is 2. The van der Waals surface area contributed by atoms with E-state index in [0.29, 0.717) is 5.69 Å². The van der Waals surface area contributed by atoms with Crippen LogP contribution in [-0.4, -0.2) is 39.1 Å². The monoisotopic (exact) mass is 251 g/mol. The number of carbonyl (C=O) groups is 2. The van der Waals surface area contributed by atoms with Gasteiger partial charge in [-0.15, -0.1) is 0 Å². The maximum absolute atomic E-state index is 12.0. The van der Waals surface area contributed by atoms with Gasteiger partial charge in [0.05, 0.1) is 11.9 Å². The SMILES string of the molecule is CC(C)(C)N(CC(=O)O)C(=O)Nc1cccnc1. The van der Waals surface area contributed by atoms with Crippen LogP contribution in [0.3, 0.4) is 0 Å². The fourth-order valence-corrected chi connectivity index (χ4v) is 1.38. The second kappa shape index (κ2) is 5.48. The zero-order valence-electron chi connectivity index (χ0n) is 10.7. The first-order chi connectivity index (χ1) is 8.30. The molecule has 0 aliphatic carbocycles. The fourth-order valence-electron chi connectivity index (χ4n) is 1.38. The molecule has 0 saturated carbocycles. The molecule has 0 spiro atoms. The van der Waals surface area contributed by atoms with E-state index >= 15 is 0 Å². The summed E-state index contributed by atoms with van der Waals surface area (Å²) in [6.45, 7) is 4.98. The fraction of sp³-hybridized carbons (Fsp3) is 0.417. The molecule has 0 radical (unpaired) electrons. The van der Waals surface area contributed by atoms with Crippen LogP contribution in [0, 0.1) is 0 Å². The number of hydrogen-bond donors (Lipinski definition) is 2. The third-order valence-electron chi connectivity index (χ3n) is 2.26. The Balaban J connectivity index is 2.80. The molecule has 18 heavy (non-hydrogen) atoms. The maximum atomic E-state index is 12.0. The normalized spacial score (nSPS) is 10.8. The van der Waals surface area contributed by atoms with E-state index in [-0.39, 0.29) is 6.54 Å². The van der Waals surface area contributed by atoms with Gasteiger partial charge >= 0.3 is 12.0 Å². The molecule has 0 aliphatic heterocycles. The summed E-state index contributed by atoms with van der Waals surface area (Å²) in [6.07, 6.45) is 3.09. The van der Waals surface area contributed by atoms with Crippen LogP contribution in [0.5, 0.6) is 0 Å². The van der Waals surface area contributed by atoms with Crippen molar-refractivity contribution in [2.45, 2.75) is 26.3 Å². The highest BCUT2D eigenvalue weighted by Gasteiger charge is 2.28. The van der Waals surface area contributed by atoms with Gasteiger partial charge < -0.3 is 15.3 Å². The number of aliphatic carboxylic acids is 1. The third kappa shape index (κ3) is 4.04. The van der Waals surface area contributed by atoms with Crippen molar-refractivity contribution in [1.82, 2.24) is 9.88 Å². The molecule has 1 aromatic heterocycles. The van der Waals surface area contributed by atoms with Crippen LogP contribution >= 0.6 is 0 Å². The lowest BCUT2D eigenvalue weighted by Crippen LogP contribution is -2.50. The largest absolute Gasteiger partial charge is 0.480 e. The van der Waals surface area contributed by atoms with Gasteiger partial charge in [-0.05, 0) is 32.9 Å². The van der Waals surface area contributed by atoms with Crippen LogP contribution in [0.25, 0.3) is 0 Å². The van der Waals surface area contributed by atoms with E-state index < -0.39 is 17.5 Å². The summed E-state index contributed by atoms with van der Waals surface area (Å²) in [7, 11) is 0. The Morgan fingerprint density at radius 1 is 1.44 bits per heavy atom. The van der Waals surface area contributed by atoms with Crippen LogP contribution < -0.4 is 5.32 Å². The molecule has 0 unspecified atom stereocenters. The Labute approximate surface area is 106 Å². The summed E-state index contributed by atoms with van der Waals surface area (Å²) >= 11 is 0. The predicted molar refractivity (Wildman–Crippen MR) is 67.4 cm³/mol. The first-order valence-corrected chi connectivity index (χ1v) is 5.51. The van der Waals surface area contributed by atoms with Crippen molar-refractivity contribution in [3.8, 4) is 0 Å². The number of hydrogen-bond acceptors (Lipinski definition) is 3. The first kappa shape index (κ1) is 14.0. The van der Waals surface area contributed by atoms with Gasteiger partial charge in [0.1, 0.15) is 6.54 Å². The molecule has 2 amide bonds. The molecular weight excluding hydrogens is 234 g/mol. The molecule has 0 atom stereocenters. The van der Waals surface area contributed by atoms with E-state index in [1.165, 1.54) is 11.1 Å². The van der Waals surface area contributed by atoms with Gasteiger partial charge in [-0.25, -0.2) is 4.79 Å². The first-order valence-electron chi connectivity index (χ1n) is 5.51. The Kier molecular flexibility index (Phi) is 4.25. The van der Waals surface area contributed by atoms with E-state index in [9.17, 15) is 9.59 Å². The minimum absolute atomic E-state index is 0.352. The van der Waals surface area contributed by atoms with Gasteiger partial charge in [-0.1, -0.05) is 0 Å². The smallest absolute Gasteiger partial charge is 0.323 e. The summed E-state index contributed by atoms with van der Waals surface area (Å²) < 4.78 is 0. The lowest BCUT2D eigenvalue weighted by atomic mass is 10.1. The molecule has 0 bridgehead atoms. The van der Waals surface area contributed by atoms with Crippen LogP contribution in [0.4, 0.5) is 10.5 Å². The zero-order chi connectivity index (χ0) is 13.8. The van der Waals surface area contributed by atoms with Crippen molar-refractivity contribution in [3.05, 3.63) is 24.5 Å². The Hall–Kier alpha value is -2.11. The van der Waals surface area contributed by atoms with E-state index in [1.54, 1.807) is 39.1 Å². The molecular formula is C12H17N3O3. The number of anilines is 1. The Morgan fingerprint density at radius 3 is 2.56 bits per heavy atom. The molecule has 1 heterocycles. The van der Waals surface area contributed by atoms with Crippen molar-refractivity contribution < 1.29 is 14.7 Å². The van der Waals surface area contributed by atoms with Crippen molar-refractivity contribution in [2.75, 3.05) is 11.9 Å². The van der Waals surface area contributed by atoms with Gasteiger partial charge in [-0.2, -0.15) is 0 Å². The maximum Gasteiger partial charge on any atom is 0.323 e. The molecule has 0 aliphatic rings. The third-order valence-corrected chi connectivity index (χ3v) is 2.26. The van der Waals surface area contributed by atoms with Crippen molar-refractivity contribution in [3.63, 3.8) is 0 Å². The average Bonchev–Trinajstić information content (AvgIpc) is 2.25. The van der Waals surface area contributed by atoms with E-state index in [0.717, 1.165) is 0 Å². The van der Waals surface area contributed by atoms with Crippen LogP contribution in [0.2, 0.25) is 0 Å². The summed E-state index contributed by atoms with van der Waals surface area (Å²) in [5, 5.41) is 11.4. The van der Waals surface area contributed by atoms with Crippen molar-refractivity contribution in [1.29, 1.82) is 0 Å². The quantitative estimate of drug-likeness (QED) is 0.858. The van der Waals surface area contributed by atoms with Crippen molar-refractivity contribution >= 4 is 17.7 Å². The second-order valence-electron chi connectivity index (χ2n) is 4.82.